The molecular weight excluding hydrogens is 365 g/mol. The first kappa shape index (κ1) is 19.2. The molecule has 0 unspecified atom stereocenters. The molecule has 0 bridgehead atoms. The van der Waals surface area contributed by atoms with Crippen LogP contribution in [-0.2, 0) is 26.7 Å². The van der Waals surface area contributed by atoms with E-state index in [0.29, 0.717) is 11.3 Å². The van der Waals surface area contributed by atoms with E-state index in [1.165, 1.54) is 26.1 Å². The lowest BCUT2D eigenvalue weighted by molar-refractivity contribution is -0.163. The fourth-order valence-corrected chi connectivity index (χ4v) is 2.87. The van der Waals surface area contributed by atoms with Crippen LogP contribution in [0.15, 0.2) is 30.6 Å². The Kier molecular flexibility index (Phi) is 4.47. The minimum atomic E-state index is -4.64. The van der Waals surface area contributed by atoms with E-state index < -0.39 is 28.9 Å². The summed E-state index contributed by atoms with van der Waals surface area (Å²) in [4.78, 5) is 19.1. The van der Waals surface area contributed by atoms with Crippen molar-refractivity contribution in [3.8, 4) is 11.1 Å². The predicted octanol–water partition coefficient (Wildman–Crippen LogP) is 2.74. The lowest BCUT2D eigenvalue weighted by atomic mass is 9.81. The number of hydrogen-bond donors (Lipinski definition) is 2. The van der Waals surface area contributed by atoms with Crippen LogP contribution in [0.4, 0.5) is 13.2 Å². The van der Waals surface area contributed by atoms with E-state index in [-0.39, 0.29) is 24.3 Å². The van der Waals surface area contributed by atoms with Crippen LogP contribution in [0.5, 0.6) is 0 Å². The van der Waals surface area contributed by atoms with Gasteiger partial charge in [0, 0.05) is 23.5 Å². The maximum atomic E-state index is 13.0. The number of halogens is 3. The smallest absolute Gasteiger partial charge is 0.433 e. The molecule has 1 aliphatic rings. The summed E-state index contributed by atoms with van der Waals surface area (Å²) in [6, 6.07) is 3.85. The molecule has 6 nitrogen and oxygen atoms in total. The molecule has 0 spiro atoms. The highest BCUT2D eigenvalue weighted by atomic mass is 19.4. The zero-order valence-electron chi connectivity index (χ0n) is 14.5. The summed E-state index contributed by atoms with van der Waals surface area (Å²) >= 11 is 0. The summed E-state index contributed by atoms with van der Waals surface area (Å²) < 4.78 is 43.9. The topological polar surface area (TPSA) is 92.5 Å². The number of nitrogens with zero attached hydrogens (tertiary/aromatic N) is 2. The van der Waals surface area contributed by atoms with Gasteiger partial charge in [0.25, 0.3) is 0 Å². The number of aliphatic carboxylic acids is 1. The van der Waals surface area contributed by atoms with Crippen molar-refractivity contribution in [2.75, 3.05) is 13.2 Å². The van der Waals surface area contributed by atoms with Gasteiger partial charge >= 0.3 is 12.1 Å². The molecule has 2 N–H and O–H groups in total. The predicted molar refractivity (Wildman–Crippen MR) is 87.8 cm³/mol. The first-order valence-electron chi connectivity index (χ1n) is 8.03. The molecule has 1 saturated heterocycles. The average Bonchev–Trinajstić information content (AvgIpc) is 2.52. The van der Waals surface area contributed by atoms with Gasteiger partial charge in [0.05, 0.1) is 24.5 Å². The van der Waals surface area contributed by atoms with Crippen LogP contribution >= 0.6 is 0 Å². The number of hydrogen-bond acceptors (Lipinski definition) is 5. The van der Waals surface area contributed by atoms with Crippen LogP contribution in [0.2, 0.25) is 0 Å². The molecule has 0 aromatic carbocycles. The Morgan fingerprint density at radius 1 is 1.19 bits per heavy atom. The molecule has 0 atom stereocenters. The Morgan fingerprint density at radius 3 is 2.26 bits per heavy atom. The molecule has 144 valence electrons. The third-order valence-corrected chi connectivity index (χ3v) is 4.52. The van der Waals surface area contributed by atoms with Crippen molar-refractivity contribution in [3.05, 3.63) is 47.5 Å². The molecule has 27 heavy (non-hydrogen) atoms. The summed E-state index contributed by atoms with van der Waals surface area (Å²) in [7, 11) is 0. The van der Waals surface area contributed by atoms with Crippen LogP contribution in [0.25, 0.3) is 11.1 Å². The van der Waals surface area contributed by atoms with Gasteiger partial charge in [-0.1, -0.05) is 6.07 Å². The zero-order chi connectivity index (χ0) is 20.0. The van der Waals surface area contributed by atoms with Gasteiger partial charge in [-0.3, -0.25) is 14.8 Å². The van der Waals surface area contributed by atoms with E-state index in [0.717, 1.165) is 12.3 Å². The second kappa shape index (κ2) is 6.28. The van der Waals surface area contributed by atoms with Gasteiger partial charge in [-0.05, 0) is 31.5 Å². The van der Waals surface area contributed by atoms with Gasteiger partial charge in [-0.25, -0.2) is 0 Å². The number of aliphatic hydroxyl groups is 1. The van der Waals surface area contributed by atoms with E-state index in [9.17, 15) is 28.2 Å². The Balaban J connectivity index is 2.05. The van der Waals surface area contributed by atoms with Gasteiger partial charge < -0.3 is 14.9 Å². The summed E-state index contributed by atoms with van der Waals surface area (Å²) in [6.45, 7) is 2.76. The van der Waals surface area contributed by atoms with E-state index >= 15 is 0 Å². The summed E-state index contributed by atoms with van der Waals surface area (Å²) in [5.74, 6) is -1.05. The maximum absolute atomic E-state index is 13.0. The zero-order valence-corrected chi connectivity index (χ0v) is 14.5. The van der Waals surface area contributed by atoms with Crippen molar-refractivity contribution in [1.29, 1.82) is 0 Å². The number of ether oxygens (including phenoxy) is 1. The molecular formula is C18H17F3N2O4. The van der Waals surface area contributed by atoms with E-state index in [1.54, 1.807) is 6.07 Å². The Labute approximate surface area is 152 Å². The number of alkyl halides is 3. The van der Waals surface area contributed by atoms with Crippen molar-refractivity contribution < 1.29 is 32.9 Å². The highest BCUT2D eigenvalue weighted by Crippen LogP contribution is 2.37. The van der Waals surface area contributed by atoms with Crippen LogP contribution in [0.3, 0.4) is 0 Å². The third-order valence-electron chi connectivity index (χ3n) is 4.52. The van der Waals surface area contributed by atoms with Crippen molar-refractivity contribution in [2.45, 2.75) is 31.0 Å². The van der Waals surface area contributed by atoms with Crippen molar-refractivity contribution >= 4 is 5.97 Å². The molecule has 2 aromatic rings. The van der Waals surface area contributed by atoms with Crippen molar-refractivity contribution in [1.82, 2.24) is 9.97 Å². The Hall–Kier alpha value is -2.52. The number of carboxylic acids is 1. The third kappa shape index (κ3) is 3.40. The summed E-state index contributed by atoms with van der Waals surface area (Å²) in [6.07, 6.45) is -2.25. The lowest BCUT2D eigenvalue weighted by Crippen LogP contribution is -2.53. The van der Waals surface area contributed by atoms with Crippen LogP contribution < -0.4 is 0 Å². The molecule has 0 radical (unpaired) electrons. The van der Waals surface area contributed by atoms with Gasteiger partial charge in [-0.2, -0.15) is 13.2 Å². The van der Waals surface area contributed by atoms with Crippen molar-refractivity contribution in [2.24, 2.45) is 0 Å². The van der Waals surface area contributed by atoms with Gasteiger partial charge in [0.15, 0.2) is 5.41 Å². The molecule has 0 saturated carbocycles. The molecule has 0 aliphatic carbocycles. The number of pyridine rings is 2. The van der Waals surface area contributed by atoms with Gasteiger partial charge in [0.2, 0.25) is 0 Å². The molecule has 1 fully saturated rings. The van der Waals surface area contributed by atoms with Crippen LogP contribution in [0, 0.1) is 0 Å². The van der Waals surface area contributed by atoms with Crippen LogP contribution in [0.1, 0.15) is 30.8 Å². The first-order chi connectivity index (χ1) is 12.4. The van der Waals surface area contributed by atoms with E-state index in [2.05, 4.69) is 9.97 Å². The summed E-state index contributed by atoms with van der Waals surface area (Å²) in [5.41, 5.74) is -2.84. The fourth-order valence-electron chi connectivity index (χ4n) is 2.87. The SMILES string of the molecule is CC(C)(O)c1cc(C(F)(F)F)ncc1-c1ccc(C2(C(=O)O)COC2)nc1. The molecule has 2 aromatic heterocycles. The number of rotatable bonds is 4. The standard InChI is InChI=1S/C18H17F3N2O4/c1-16(2,26)12-5-14(18(19,20)21)23-7-11(12)10-3-4-13(22-6-10)17(15(24)25)8-27-9-17/h3-7,26H,8-9H2,1-2H3,(H,24,25). The van der Waals surface area contributed by atoms with E-state index in [1.807, 2.05) is 0 Å². The van der Waals surface area contributed by atoms with Gasteiger partial charge in [0.1, 0.15) is 5.69 Å². The largest absolute Gasteiger partial charge is 0.480 e. The molecule has 0 amide bonds. The molecule has 1 aliphatic heterocycles. The van der Waals surface area contributed by atoms with E-state index in [4.69, 9.17) is 4.74 Å². The monoisotopic (exact) mass is 382 g/mol. The molecule has 3 heterocycles. The first-order valence-corrected chi connectivity index (χ1v) is 8.03. The lowest BCUT2D eigenvalue weighted by Gasteiger charge is -2.36. The Bertz CT molecular complexity index is 870. The maximum Gasteiger partial charge on any atom is 0.433 e. The van der Waals surface area contributed by atoms with Crippen LogP contribution in [-0.4, -0.2) is 39.4 Å². The fraction of sp³-hybridized carbons (Fsp3) is 0.389. The minimum absolute atomic E-state index is 0.00539. The normalized spacial score (nSPS) is 16.7. The quantitative estimate of drug-likeness (QED) is 0.845. The highest BCUT2D eigenvalue weighted by Gasteiger charge is 2.49. The number of carboxylic acid groups (broad SMARTS) is 1. The minimum Gasteiger partial charge on any atom is -0.480 e. The summed E-state index contributed by atoms with van der Waals surface area (Å²) in [5, 5.41) is 19.7. The molecule has 3 rings (SSSR count). The second-order valence-electron chi connectivity index (χ2n) is 6.98. The second-order valence-corrected chi connectivity index (χ2v) is 6.98. The Morgan fingerprint density at radius 2 is 1.85 bits per heavy atom. The molecule has 9 heteroatoms. The number of aromatic nitrogens is 2. The highest BCUT2D eigenvalue weighted by molar-refractivity contribution is 5.82. The van der Waals surface area contributed by atoms with Gasteiger partial charge in [-0.15, -0.1) is 0 Å². The average molecular weight is 382 g/mol. The van der Waals surface area contributed by atoms with Crippen molar-refractivity contribution in [3.63, 3.8) is 0 Å². The number of carbonyl (C=O) groups is 1.